The van der Waals surface area contributed by atoms with Crippen LogP contribution in [0.3, 0.4) is 0 Å². The summed E-state index contributed by atoms with van der Waals surface area (Å²) in [7, 11) is 0. The van der Waals surface area contributed by atoms with Crippen LogP contribution in [-0.2, 0) is 11.3 Å². The Morgan fingerprint density at radius 1 is 1.23 bits per heavy atom. The molecule has 0 aliphatic carbocycles. The predicted octanol–water partition coefficient (Wildman–Crippen LogP) is 2.00. The molecule has 132 valence electrons. The normalized spacial score (nSPS) is 13.6. The highest BCUT2D eigenvalue weighted by atomic mass is 16.7. The first-order valence-electron chi connectivity index (χ1n) is 8.25. The van der Waals surface area contributed by atoms with Crippen molar-refractivity contribution in [2.24, 2.45) is 0 Å². The maximum Gasteiger partial charge on any atom is 0.269 e. The van der Waals surface area contributed by atoms with Crippen molar-refractivity contribution in [2.45, 2.75) is 19.5 Å². The molecule has 1 unspecified atom stereocenters. The number of carbonyl (C=O) groups is 1. The van der Waals surface area contributed by atoms with E-state index in [-0.39, 0.29) is 30.8 Å². The summed E-state index contributed by atoms with van der Waals surface area (Å²) < 4.78 is 12.1. The van der Waals surface area contributed by atoms with Crippen LogP contribution in [-0.4, -0.2) is 22.3 Å². The zero-order valence-electron chi connectivity index (χ0n) is 14.1. The van der Waals surface area contributed by atoms with Crippen molar-refractivity contribution in [3.8, 4) is 11.5 Å². The summed E-state index contributed by atoms with van der Waals surface area (Å²) in [5, 5.41) is 2.91. The molecule has 0 saturated carbocycles. The second kappa shape index (κ2) is 6.51. The number of hydrogen-bond acceptors (Lipinski definition) is 5. The van der Waals surface area contributed by atoms with E-state index in [1.165, 1.54) is 10.8 Å². The SMILES string of the molecule is CC(NC(=O)Cn1c(=O)cnc2ccccc21)c1ccc2c(c1)OCO2. The van der Waals surface area contributed by atoms with Crippen molar-refractivity contribution in [3.05, 3.63) is 64.6 Å². The van der Waals surface area contributed by atoms with Gasteiger partial charge in [0.25, 0.3) is 5.56 Å². The van der Waals surface area contributed by atoms with Gasteiger partial charge in [0.2, 0.25) is 12.7 Å². The van der Waals surface area contributed by atoms with E-state index in [1.54, 1.807) is 12.1 Å². The van der Waals surface area contributed by atoms with Crippen LogP contribution in [0.2, 0.25) is 0 Å². The van der Waals surface area contributed by atoms with Gasteiger partial charge in [-0.25, -0.2) is 4.98 Å². The van der Waals surface area contributed by atoms with Crippen LogP contribution >= 0.6 is 0 Å². The molecule has 1 aromatic heterocycles. The number of ether oxygens (including phenoxy) is 2. The minimum absolute atomic E-state index is 0.0727. The molecule has 1 N–H and O–H groups in total. The number of rotatable bonds is 4. The van der Waals surface area contributed by atoms with Crippen LogP contribution in [0.4, 0.5) is 0 Å². The summed E-state index contributed by atoms with van der Waals surface area (Å²) in [6.07, 6.45) is 1.23. The van der Waals surface area contributed by atoms with E-state index >= 15 is 0 Å². The number of benzene rings is 2. The second-order valence-electron chi connectivity index (χ2n) is 6.07. The van der Waals surface area contributed by atoms with Gasteiger partial charge in [0.05, 0.1) is 23.3 Å². The van der Waals surface area contributed by atoms with Gasteiger partial charge in [0, 0.05) is 0 Å². The van der Waals surface area contributed by atoms with Gasteiger partial charge in [-0.3, -0.25) is 14.2 Å². The molecule has 4 rings (SSSR count). The molecule has 0 bridgehead atoms. The fourth-order valence-electron chi connectivity index (χ4n) is 2.97. The number of amides is 1. The molecule has 1 aliphatic heterocycles. The summed E-state index contributed by atoms with van der Waals surface area (Å²) in [6, 6.07) is 12.5. The molecule has 3 aromatic rings. The van der Waals surface area contributed by atoms with Gasteiger partial charge in [0.1, 0.15) is 6.54 Å². The molecule has 1 amide bonds. The highest BCUT2D eigenvalue weighted by Crippen LogP contribution is 2.34. The maximum atomic E-state index is 12.5. The van der Waals surface area contributed by atoms with Crippen molar-refractivity contribution < 1.29 is 14.3 Å². The Labute approximate surface area is 149 Å². The summed E-state index contributed by atoms with van der Waals surface area (Å²) in [5.41, 5.74) is 1.89. The van der Waals surface area contributed by atoms with Gasteiger partial charge < -0.3 is 14.8 Å². The van der Waals surface area contributed by atoms with Crippen molar-refractivity contribution in [1.29, 1.82) is 0 Å². The molecule has 2 aromatic carbocycles. The Kier molecular flexibility index (Phi) is 4.04. The number of fused-ring (bicyclic) bond motifs is 2. The minimum atomic E-state index is -0.311. The van der Waals surface area contributed by atoms with Gasteiger partial charge in [-0.05, 0) is 36.8 Å². The van der Waals surface area contributed by atoms with Crippen LogP contribution in [0.5, 0.6) is 11.5 Å². The molecule has 7 heteroatoms. The predicted molar refractivity (Wildman–Crippen MR) is 95.1 cm³/mol. The molecule has 0 spiro atoms. The van der Waals surface area contributed by atoms with E-state index in [0.29, 0.717) is 22.5 Å². The molecule has 0 fully saturated rings. The lowest BCUT2D eigenvalue weighted by Crippen LogP contribution is -2.34. The van der Waals surface area contributed by atoms with Gasteiger partial charge in [-0.1, -0.05) is 18.2 Å². The van der Waals surface area contributed by atoms with E-state index in [1.807, 2.05) is 37.3 Å². The molecular weight excluding hydrogens is 334 g/mol. The van der Waals surface area contributed by atoms with Gasteiger partial charge in [-0.15, -0.1) is 0 Å². The number of para-hydroxylation sites is 2. The third kappa shape index (κ3) is 2.99. The van der Waals surface area contributed by atoms with E-state index in [2.05, 4.69) is 10.3 Å². The van der Waals surface area contributed by atoms with Crippen molar-refractivity contribution in [3.63, 3.8) is 0 Å². The number of nitrogens with one attached hydrogen (secondary N) is 1. The zero-order valence-corrected chi connectivity index (χ0v) is 14.1. The van der Waals surface area contributed by atoms with Gasteiger partial charge in [0.15, 0.2) is 11.5 Å². The van der Waals surface area contributed by atoms with Gasteiger partial charge >= 0.3 is 0 Å². The van der Waals surface area contributed by atoms with Gasteiger partial charge in [-0.2, -0.15) is 0 Å². The highest BCUT2D eigenvalue weighted by molar-refractivity contribution is 5.80. The van der Waals surface area contributed by atoms with E-state index in [9.17, 15) is 9.59 Å². The number of aromatic nitrogens is 2. The number of hydrogen-bond donors (Lipinski definition) is 1. The number of carbonyl (C=O) groups excluding carboxylic acids is 1. The fraction of sp³-hybridized carbons (Fsp3) is 0.211. The molecule has 2 heterocycles. The maximum absolute atomic E-state index is 12.5. The van der Waals surface area contributed by atoms with E-state index in [0.717, 1.165) is 5.56 Å². The molecule has 1 aliphatic rings. The lowest BCUT2D eigenvalue weighted by Gasteiger charge is -2.16. The quantitative estimate of drug-likeness (QED) is 0.777. The van der Waals surface area contributed by atoms with Crippen molar-refractivity contribution in [2.75, 3.05) is 6.79 Å². The van der Waals surface area contributed by atoms with Crippen LogP contribution in [0.15, 0.2) is 53.5 Å². The second-order valence-corrected chi connectivity index (χ2v) is 6.07. The largest absolute Gasteiger partial charge is 0.454 e. The van der Waals surface area contributed by atoms with Crippen LogP contribution < -0.4 is 20.3 Å². The lowest BCUT2D eigenvalue weighted by atomic mass is 10.1. The Morgan fingerprint density at radius 2 is 2.04 bits per heavy atom. The summed E-state index contributed by atoms with van der Waals surface area (Å²) >= 11 is 0. The standard InChI is InChI=1S/C19H17N3O4/c1-12(13-6-7-16-17(8-13)26-11-25-16)21-18(23)10-22-15-5-3-2-4-14(15)20-9-19(22)24/h2-9,12H,10-11H2,1H3,(H,21,23). The number of nitrogens with zero attached hydrogens (tertiary/aromatic N) is 2. The Bertz CT molecular complexity index is 1040. The molecular formula is C19H17N3O4. The Hall–Kier alpha value is -3.35. The summed E-state index contributed by atoms with van der Waals surface area (Å²) in [5.74, 6) is 1.11. The Morgan fingerprint density at radius 3 is 2.92 bits per heavy atom. The van der Waals surface area contributed by atoms with Crippen LogP contribution in [0.25, 0.3) is 11.0 Å². The average Bonchev–Trinajstić information content (AvgIpc) is 3.12. The minimum Gasteiger partial charge on any atom is -0.454 e. The highest BCUT2D eigenvalue weighted by Gasteiger charge is 2.17. The third-order valence-corrected chi connectivity index (χ3v) is 4.33. The molecule has 26 heavy (non-hydrogen) atoms. The molecule has 0 saturated heterocycles. The van der Waals surface area contributed by atoms with Crippen LogP contribution in [0.1, 0.15) is 18.5 Å². The average molecular weight is 351 g/mol. The topological polar surface area (TPSA) is 82.5 Å². The van der Waals surface area contributed by atoms with Crippen molar-refractivity contribution in [1.82, 2.24) is 14.9 Å². The van der Waals surface area contributed by atoms with Crippen molar-refractivity contribution >= 4 is 16.9 Å². The third-order valence-electron chi connectivity index (χ3n) is 4.33. The Balaban J connectivity index is 1.52. The first kappa shape index (κ1) is 16.1. The molecule has 1 atom stereocenters. The zero-order chi connectivity index (χ0) is 18.1. The molecule has 0 radical (unpaired) electrons. The lowest BCUT2D eigenvalue weighted by molar-refractivity contribution is -0.122. The summed E-state index contributed by atoms with van der Waals surface area (Å²) in [4.78, 5) is 28.7. The monoisotopic (exact) mass is 351 g/mol. The van der Waals surface area contributed by atoms with Crippen LogP contribution in [0, 0.1) is 0 Å². The summed E-state index contributed by atoms with van der Waals surface area (Å²) in [6.45, 7) is 2.01. The first-order valence-corrected chi connectivity index (χ1v) is 8.25. The fourth-order valence-corrected chi connectivity index (χ4v) is 2.97. The smallest absolute Gasteiger partial charge is 0.269 e. The first-order chi connectivity index (χ1) is 12.6. The van der Waals surface area contributed by atoms with E-state index < -0.39 is 0 Å². The molecule has 7 nitrogen and oxygen atoms in total. The van der Waals surface area contributed by atoms with E-state index in [4.69, 9.17) is 9.47 Å².